The van der Waals surface area contributed by atoms with E-state index in [0.717, 1.165) is 12.8 Å². The van der Waals surface area contributed by atoms with Crippen LogP contribution < -0.4 is 25.4 Å². The first kappa shape index (κ1) is 24.7. The Labute approximate surface area is 175 Å². The first-order chi connectivity index (χ1) is 14.4. The van der Waals surface area contributed by atoms with Crippen molar-refractivity contribution in [2.75, 3.05) is 32.9 Å². The Balaban J connectivity index is 2.43. The Morgan fingerprint density at radius 1 is 0.933 bits per heavy atom. The predicted octanol–water partition coefficient (Wildman–Crippen LogP) is 1.38. The zero-order valence-electron chi connectivity index (χ0n) is 17.5. The predicted molar refractivity (Wildman–Crippen MR) is 109 cm³/mol. The Morgan fingerprint density at radius 3 is 2.30 bits per heavy atom. The van der Waals surface area contributed by atoms with Gasteiger partial charge < -0.3 is 24.8 Å². The first-order valence-corrected chi connectivity index (χ1v) is 9.82. The van der Waals surface area contributed by atoms with E-state index in [1.54, 1.807) is 12.1 Å². The van der Waals surface area contributed by atoms with Gasteiger partial charge in [0.2, 0.25) is 0 Å². The Kier molecular flexibility index (Phi) is 11.4. The SMILES string of the molecule is CCCCNC(=O)NC(=O)COC(=O)CNC(=O)c1ccc(OCC)c(OCC)c1. The number of nitrogens with one attached hydrogen (secondary N) is 3. The van der Waals surface area contributed by atoms with E-state index in [1.807, 2.05) is 26.1 Å². The molecule has 1 rings (SSSR count). The molecule has 0 fully saturated rings. The summed E-state index contributed by atoms with van der Waals surface area (Å²) in [6, 6.07) is 4.01. The van der Waals surface area contributed by atoms with Gasteiger partial charge in [0.05, 0.1) is 13.2 Å². The fraction of sp³-hybridized carbons (Fsp3) is 0.500. The monoisotopic (exact) mass is 423 g/mol. The summed E-state index contributed by atoms with van der Waals surface area (Å²) in [6.45, 7) is 5.83. The molecule has 0 saturated heterocycles. The number of unbranched alkanes of at least 4 members (excludes halogenated alkanes) is 1. The van der Waals surface area contributed by atoms with Crippen LogP contribution in [0.15, 0.2) is 18.2 Å². The summed E-state index contributed by atoms with van der Waals surface area (Å²) in [5.41, 5.74) is 0.274. The molecular formula is C20H29N3O7. The van der Waals surface area contributed by atoms with Crippen molar-refractivity contribution in [1.29, 1.82) is 0 Å². The quantitative estimate of drug-likeness (QED) is 0.342. The lowest BCUT2D eigenvalue weighted by Crippen LogP contribution is -2.42. The molecule has 0 aliphatic heterocycles. The highest BCUT2D eigenvalue weighted by Gasteiger charge is 2.14. The average Bonchev–Trinajstić information content (AvgIpc) is 2.72. The van der Waals surface area contributed by atoms with Crippen LogP contribution in [-0.2, 0) is 14.3 Å². The van der Waals surface area contributed by atoms with E-state index >= 15 is 0 Å². The van der Waals surface area contributed by atoms with E-state index in [0.29, 0.717) is 31.3 Å². The van der Waals surface area contributed by atoms with E-state index in [-0.39, 0.29) is 5.56 Å². The fourth-order valence-corrected chi connectivity index (χ4v) is 2.23. The third kappa shape index (κ3) is 9.26. The molecule has 0 saturated carbocycles. The smallest absolute Gasteiger partial charge is 0.325 e. The van der Waals surface area contributed by atoms with Crippen LogP contribution >= 0.6 is 0 Å². The molecule has 0 bridgehead atoms. The molecule has 30 heavy (non-hydrogen) atoms. The number of carbonyl (C=O) groups is 4. The van der Waals surface area contributed by atoms with Crippen molar-refractivity contribution in [3.8, 4) is 11.5 Å². The molecule has 10 nitrogen and oxygen atoms in total. The molecule has 1 aromatic carbocycles. The maximum atomic E-state index is 12.2. The summed E-state index contributed by atoms with van der Waals surface area (Å²) in [4.78, 5) is 47.0. The van der Waals surface area contributed by atoms with E-state index in [4.69, 9.17) is 14.2 Å². The average molecular weight is 423 g/mol. The number of hydrogen-bond acceptors (Lipinski definition) is 7. The first-order valence-electron chi connectivity index (χ1n) is 9.82. The summed E-state index contributed by atoms with van der Waals surface area (Å²) in [7, 11) is 0. The van der Waals surface area contributed by atoms with Crippen molar-refractivity contribution in [3.05, 3.63) is 23.8 Å². The van der Waals surface area contributed by atoms with E-state index in [2.05, 4.69) is 10.6 Å². The molecule has 0 atom stereocenters. The molecule has 0 heterocycles. The molecule has 0 aliphatic carbocycles. The van der Waals surface area contributed by atoms with Crippen LogP contribution in [0.1, 0.15) is 44.0 Å². The standard InChI is InChI=1S/C20H29N3O7/c1-4-7-10-21-20(27)23-17(24)13-30-18(25)12-22-19(26)14-8-9-15(28-5-2)16(11-14)29-6-3/h8-9,11H,4-7,10,12-13H2,1-3H3,(H,22,26)(H2,21,23,24,27). The lowest BCUT2D eigenvalue weighted by molar-refractivity contribution is -0.147. The van der Waals surface area contributed by atoms with Crippen LogP contribution in [-0.4, -0.2) is 56.7 Å². The second-order valence-corrected chi connectivity index (χ2v) is 6.03. The van der Waals surface area contributed by atoms with Gasteiger partial charge in [-0.3, -0.25) is 19.7 Å². The van der Waals surface area contributed by atoms with Gasteiger partial charge in [-0.25, -0.2) is 4.79 Å². The van der Waals surface area contributed by atoms with Gasteiger partial charge in [-0.1, -0.05) is 13.3 Å². The van der Waals surface area contributed by atoms with Crippen molar-refractivity contribution in [2.24, 2.45) is 0 Å². The second kappa shape index (κ2) is 13.8. The molecule has 0 aromatic heterocycles. The largest absolute Gasteiger partial charge is 0.490 e. The lowest BCUT2D eigenvalue weighted by Gasteiger charge is -2.12. The summed E-state index contributed by atoms with van der Waals surface area (Å²) < 4.78 is 15.6. The second-order valence-electron chi connectivity index (χ2n) is 6.03. The summed E-state index contributed by atoms with van der Waals surface area (Å²) in [5.74, 6) is -1.17. The van der Waals surface area contributed by atoms with Crippen LogP contribution in [0.25, 0.3) is 0 Å². The highest BCUT2D eigenvalue weighted by atomic mass is 16.5. The fourth-order valence-electron chi connectivity index (χ4n) is 2.23. The molecule has 3 N–H and O–H groups in total. The minimum absolute atomic E-state index is 0.274. The number of amides is 4. The van der Waals surface area contributed by atoms with Crippen LogP contribution in [0.3, 0.4) is 0 Å². The van der Waals surface area contributed by atoms with Crippen molar-refractivity contribution < 1.29 is 33.4 Å². The van der Waals surface area contributed by atoms with Gasteiger partial charge in [0.15, 0.2) is 18.1 Å². The zero-order valence-corrected chi connectivity index (χ0v) is 17.5. The van der Waals surface area contributed by atoms with Crippen LogP contribution in [0.2, 0.25) is 0 Å². The van der Waals surface area contributed by atoms with Crippen molar-refractivity contribution in [3.63, 3.8) is 0 Å². The highest BCUT2D eigenvalue weighted by molar-refractivity contribution is 5.97. The van der Waals surface area contributed by atoms with Crippen molar-refractivity contribution >= 4 is 23.8 Å². The summed E-state index contributed by atoms with van der Waals surface area (Å²) >= 11 is 0. The molecule has 0 radical (unpaired) electrons. The topological polar surface area (TPSA) is 132 Å². The van der Waals surface area contributed by atoms with E-state index in [1.165, 1.54) is 6.07 Å². The number of benzene rings is 1. The normalized spacial score (nSPS) is 9.97. The molecular weight excluding hydrogens is 394 g/mol. The van der Waals surface area contributed by atoms with Gasteiger partial charge in [-0.15, -0.1) is 0 Å². The lowest BCUT2D eigenvalue weighted by atomic mass is 10.2. The van der Waals surface area contributed by atoms with Gasteiger partial charge in [0, 0.05) is 12.1 Å². The number of hydrogen-bond donors (Lipinski definition) is 3. The van der Waals surface area contributed by atoms with Gasteiger partial charge in [0.1, 0.15) is 6.54 Å². The van der Waals surface area contributed by atoms with Gasteiger partial charge in [-0.2, -0.15) is 0 Å². The van der Waals surface area contributed by atoms with Gasteiger partial charge >= 0.3 is 12.0 Å². The van der Waals surface area contributed by atoms with Crippen LogP contribution in [0.4, 0.5) is 4.79 Å². The van der Waals surface area contributed by atoms with E-state index in [9.17, 15) is 19.2 Å². The van der Waals surface area contributed by atoms with Gasteiger partial charge in [0.25, 0.3) is 11.8 Å². The summed E-state index contributed by atoms with van der Waals surface area (Å²) in [5, 5.41) is 6.94. The van der Waals surface area contributed by atoms with Crippen molar-refractivity contribution in [2.45, 2.75) is 33.6 Å². The molecule has 0 spiro atoms. The highest BCUT2D eigenvalue weighted by Crippen LogP contribution is 2.28. The minimum atomic E-state index is -0.819. The Bertz CT molecular complexity index is 737. The Morgan fingerprint density at radius 2 is 1.63 bits per heavy atom. The summed E-state index contributed by atoms with van der Waals surface area (Å²) in [6.07, 6.45) is 1.69. The van der Waals surface area contributed by atoms with Crippen LogP contribution in [0, 0.1) is 0 Å². The maximum absolute atomic E-state index is 12.2. The molecule has 10 heteroatoms. The molecule has 0 unspecified atom stereocenters. The van der Waals surface area contributed by atoms with E-state index < -0.39 is 37.0 Å². The number of esters is 1. The minimum Gasteiger partial charge on any atom is -0.490 e. The number of imide groups is 1. The van der Waals surface area contributed by atoms with Gasteiger partial charge in [-0.05, 0) is 38.5 Å². The number of ether oxygens (including phenoxy) is 3. The third-order valence-corrected chi connectivity index (χ3v) is 3.63. The molecule has 4 amide bonds. The van der Waals surface area contributed by atoms with Crippen molar-refractivity contribution in [1.82, 2.24) is 16.0 Å². The number of urea groups is 1. The molecule has 0 aliphatic rings. The van der Waals surface area contributed by atoms with Crippen LogP contribution in [0.5, 0.6) is 11.5 Å². The maximum Gasteiger partial charge on any atom is 0.325 e. The zero-order chi connectivity index (χ0) is 22.4. The number of rotatable bonds is 12. The third-order valence-electron chi connectivity index (χ3n) is 3.63. The molecule has 166 valence electrons. The Hall–Kier alpha value is -3.30. The molecule has 1 aromatic rings. The number of carbonyl (C=O) groups excluding carboxylic acids is 4.